The number of nitrogens with one attached hydrogen (secondary N) is 1. The molecule has 0 amide bonds. The van der Waals surface area contributed by atoms with Gasteiger partial charge in [-0.1, -0.05) is 0 Å². The molecule has 9 heteroatoms. The van der Waals surface area contributed by atoms with Gasteiger partial charge >= 0.3 is 0 Å². The molecule has 4 rings (SSSR count). The second-order valence-electron chi connectivity index (χ2n) is 7.41. The largest absolute Gasteiger partial charge is 0.490 e. The molecule has 1 aliphatic heterocycles. The Balaban J connectivity index is 1.41. The van der Waals surface area contributed by atoms with Crippen molar-refractivity contribution in [1.82, 2.24) is 9.71 Å². The SMILES string of the molecule is O=S(=O)(NC1CCOCC1COc1ccc(-c2ccc(F)cn2)cc1F)C1CC1. The molecule has 1 saturated heterocycles. The maximum absolute atomic E-state index is 14.5. The summed E-state index contributed by atoms with van der Waals surface area (Å²) < 4.78 is 65.8. The van der Waals surface area contributed by atoms with Crippen molar-refractivity contribution in [3.05, 3.63) is 48.2 Å². The molecule has 2 unspecified atom stereocenters. The number of hydrogen-bond acceptors (Lipinski definition) is 5. The Hall–Kier alpha value is -2.10. The lowest BCUT2D eigenvalue weighted by atomic mass is 9.98. The van der Waals surface area contributed by atoms with Gasteiger partial charge in [-0.05, 0) is 49.6 Å². The predicted molar refractivity (Wildman–Crippen MR) is 103 cm³/mol. The maximum atomic E-state index is 14.5. The molecule has 1 aromatic carbocycles. The zero-order valence-electron chi connectivity index (χ0n) is 15.7. The van der Waals surface area contributed by atoms with E-state index in [9.17, 15) is 17.2 Å². The first kappa shape index (κ1) is 20.2. The third-order valence-corrected chi connectivity index (χ3v) is 7.14. The predicted octanol–water partition coefficient (Wildman–Crippen LogP) is 2.89. The van der Waals surface area contributed by atoms with Crippen LogP contribution in [0.2, 0.25) is 0 Å². The summed E-state index contributed by atoms with van der Waals surface area (Å²) in [5, 5.41) is -0.294. The number of benzene rings is 1. The van der Waals surface area contributed by atoms with Gasteiger partial charge in [-0.15, -0.1) is 0 Å². The highest BCUT2D eigenvalue weighted by atomic mass is 32.2. The molecule has 6 nitrogen and oxygen atoms in total. The van der Waals surface area contributed by atoms with Gasteiger partial charge in [0.15, 0.2) is 11.6 Å². The third-order valence-electron chi connectivity index (χ3n) is 5.16. The molecular weight excluding hydrogens is 402 g/mol. The van der Waals surface area contributed by atoms with Gasteiger partial charge in [-0.25, -0.2) is 21.9 Å². The Morgan fingerprint density at radius 3 is 2.69 bits per heavy atom. The molecule has 0 bridgehead atoms. The van der Waals surface area contributed by atoms with Crippen LogP contribution >= 0.6 is 0 Å². The van der Waals surface area contributed by atoms with Gasteiger partial charge < -0.3 is 9.47 Å². The van der Waals surface area contributed by atoms with Crippen LogP contribution < -0.4 is 9.46 Å². The van der Waals surface area contributed by atoms with E-state index in [2.05, 4.69) is 9.71 Å². The van der Waals surface area contributed by atoms with Gasteiger partial charge in [-0.3, -0.25) is 4.98 Å². The Bertz CT molecular complexity index is 965. The van der Waals surface area contributed by atoms with Gasteiger partial charge in [0.05, 0.1) is 30.4 Å². The monoisotopic (exact) mass is 424 g/mol. The van der Waals surface area contributed by atoms with Crippen molar-refractivity contribution < 1.29 is 26.7 Å². The quantitative estimate of drug-likeness (QED) is 0.740. The summed E-state index contributed by atoms with van der Waals surface area (Å²) >= 11 is 0. The number of hydrogen-bond donors (Lipinski definition) is 1. The standard InChI is InChI=1S/C20H22F2N2O4S/c21-15-2-5-18(23-10-15)13-1-6-20(17(22)9-13)28-12-14-11-27-8-7-19(14)24-29(25,26)16-3-4-16/h1-2,5-6,9-10,14,16,19,24H,3-4,7-8,11-12H2. The number of rotatable bonds is 7. The van der Waals surface area contributed by atoms with E-state index in [4.69, 9.17) is 9.47 Å². The van der Waals surface area contributed by atoms with E-state index in [-0.39, 0.29) is 29.6 Å². The molecule has 1 aromatic heterocycles. The smallest absolute Gasteiger partial charge is 0.214 e. The minimum atomic E-state index is -3.32. The van der Waals surface area contributed by atoms with Crippen LogP contribution in [0.5, 0.6) is 5.75 Å². The molecule has 2 aliphatic rings. The first-order chi connectivity index (χ1) is 13.9. The lowest BCUT2D eigenvalue weighted by Gasteiger charge is -2.31. The van der Waals surface area contributed by atoms with Crippen LogP contribution in [0.4, 0.5) is 8.78 Å². The van der Waals surface area contributed by atoms with Crippen molar-refractivity contribution in [2.75, 3.05) is 19.8 Å². The molecule has 2 aromatic rings. The zero-order valence-corrected chi connectivity index (χ0v) is 16.5. The minimum absolute atomic E-state index is 0.0604. The number of pyridine rings is 1. The summed E-state index contributed by atoms with van der Waals surface area (Å²) in [6.45, 7) is 0.946. The van der Waals surface area contributed by atoms with Crippen LogP contribution in [0.1, 0.15) is 19.3 Å². The number of ether oxygens (including phenoxy) is 2. The van der Waals surface area contributed by atoms with Crippen LogP contribution in [-0.2, 0) is 14.8 Å². The molecule has 1 N–H and O–H groups in total. The fourth-order valence-corrected chi connectivity index (χ4v) is 5.00. The van der Waals surface area contributed by atoms with Crippen LogP contribution in [0.15, 0.2) is 36.5 Å². The van der Waals surface area contributed by atoms with Crippen LogP contribution in [0.3, 0.4) is 0 Å². The highest BCUT2D eigenvalue weighted by Gasteiger charge is 2.39. The third kappa shape index (κ3) is 4.91. The molecule has 0 radical (unpaired) electrons. The van der Waals surface area contributed by atoms with Crippen molar-refractivity contribution in [3.8, 4) is 17.0 Å². The highest BCUT2D eigenvalue weighted by Crippen LogP contribution is 2.30. The first-order valence-electron chi connectivity index (χ1n) is 9.55. The molecule has 2 fully saturated rings. The summed E-state index contributed by atoms with van der Waals surface area (Å²) in [5.41, 5.74) is 0.956. The van der Waals surface area contributed by atoms with Crippen molar-refractivity contribution >= 4 is 10.0 Å². The van der Waals surface area contributed by atoms with Crippen LogP contribution in [-0.4, -0.2) is 44.5 Å². The van der Waals surface area contributed by atoms with Gasteiger partial charge in [0.2, 0.25) is 10.0 Å². The molecule has 0 spiro atoms. The topological polar surface area (TPSA) is 77.5 Å². The van der Waals surface area contributed by atoms with Gasteiger partial charge in [0.1, 0.15) is 5.82 Å². The van der Waals surface area contributed by atoms with E-state index < -0.39 is 21.7 Å². The molecule has 29 heavy (non-hydrogen) atoms. The highest BCUT2D eigenvalue weighted by molar-refractivity contribution is 7.90. The van der Waals surface area contributed by atoms with E-state index in [0.29, 0.717) is 43.7 Å². The van der Waals surface area contributed by atoms with E-state index in [1.165, 1.54) is 24.3 Å². The molecule has 2 heterocycles. The second kappa shape index (κ2) is 8.33. The maximum Gasteiger partial charge on any atom is 0.214 e. The Labute approximate surface area is 168 Å². The van der Waals surface area contributed by atoms with E-state index in [0.717, 1.165) is 6.20 Å². The summed E-state index contributed by atoms with van der Waals surface area (Å²) in [5.74, 6) is -1.18. The van der Waals surface area contributed by atoms with Crippen molar-refractivity contribution in [2.45, 2.75) is 30.6 Å². The van der Waals surface area contributed by atoms with Gasteiger partial charge in [0.25, 0.3) is 0 Å². The molecule has 1 aliphatic carbocycles. The fourth-order valence-electron chi connectivity index (χ4n) is 3.32. The normalized spacial score (nSPS) is 22.4. The Kier molecular flexibility index (Phi) is 5.80. The minimum Gasteiger partial charge on any atom is -0.490 e. The Morgan fingerprint density at radius 1 is 1.17 bits per heavy atom. The van der Waals surface area contributed by atoms with Gasteiger partial charge in [-0.2, -0.15) is 0 Å². The molecule has 1 saturated carbocycles. The first-order valence-corrected chi connectivity index (χ1v) is 11.1. The lowest BCUT2D eigenvalue weighted by molar-refractivity contribution is 0.0180. The summed E-state index contributed by atoms with van der Waals surface area (Å²) in [6, 6.07) is 6.85. The van der Waals surface area contributed by atoms with E-state index >= 15 is 0 Å². The number of aromatic nitrogens is 1. The van der Waals surface area contributed by atoms with Crippen molar-refractivity contribution in [2.24, 2.45) is 5.92 Å². The number of halogens is 2. The van der Waals surface area contributed by atoms with Crippen LogP contribution in [0, 0.1) is 17.6 Å². The summed E-state index contributed by atoms with van der Waals surface area (Å²) in [6.07, 6.45) is 3.02. The Morgan fingerprint density at radius 2 is 2.00 bits per heavy atom. The second-order valence-corrected chi connectivity index (χ2v) is 9.40. The summed E-state index contributed by atoms with van der Waals surface area (Å²) in [7, 11) is -3.32. The van der Waals surface area contributed by atoms with Crippen LogP contribution in [0.25, 0.3) is 11.3 Å². The van der Waals surface area contributed by atoms with Crippen molar-refractivity contribution in [3.63, 3.8) is 0 Å². The number of nitrogens with zero attached hydrogens (tertiary/aromatic N) is 1. The zero-order chi connectivity index (χ0) is 20.4. The molecular formula is C20H22F2N2O4S. The molecule has 156 valence electrons. The van der Waals surface area contributed by atoms with E-state index in [1.54, 1.807) is 6.07 Å². The summed E-state index contributed by atoms with van der Waals surface area (Å²) in [4.78, 5) is 3.94. The van der Waals surface area contributed by atoms with Gasteiger partial charge in [0, 0.05) is 24.1 Å². The fraction of sp³-hybridized carbons (Fsp3) is 0.450. The van der Waals surface area contributed by atoms with E-state index in [1.807, 2.05) is 0 Å². The average molecular weight is 424 g/mol. The van der Waals surface area contributed by atoms with Crippen molar-refractivity contribution in [1.29, 1.82) is 0 Å². The average Bonchev–Trinajstić information content (AvgIpc) is 3.54. The number of sulfonamides is 1. The lowest BCUT2D eigenvalue weighted by Crippen LogP contribution is -2.48. The molecule has 2 atom stereocenters.